The average molecular weight is 409 g/mol. The Morgan fingerprint density at radius 1 is 1.22 bits per heavy atom. The summed E-state index contributed by atoms with van der Waals surface area (Å²) in [5.41, 5.74) is 1.84. The molecular formula is C19H21ClN2O4S. The summed E-state index contributed by atoms with van der Waals surface area (Å²) < 4.78 is 32.7. The number of nitrogens with one attached hydrogen (secondary N) is 2. The first-order valence-corrected chi connectivity index (χ1v) is 10.5. The van der Waals surface area contributed by atoms with Gasteiger partial charge in [-0.2, -0.15) is 0 Å². The van der Waals surface area contributed by atoms with E-state index in [0.29, 0.717) is 22.9 Å². The van der Waals surface area contributed by atoms with E-state index in [1.807, 2.05) is 13.0 Å². The Morgan fingerprint density at radius 3 is 2.59 bits per heavy atom. The van der Waals surface area contributed by atoms with Crippen molar-refractivity contribution in [2.45, 2.75) is 30.8 Å². The minimum Gasteiger partial charge on any atom is -0.377 e. The second-order valence-electron chi connectivity index (χ2n) is 6.43. The van der Waals surface area contributed by atoms with Gasteiger partial charge in [0.1, 0.15) is 0 Å². The second-order valence-corrected chi connectivity index (χ2v) is 8.60. The van der Waals surface area contributed by atoms with E-state index in [-0.39, 0.29) is 23.5 Å². The molecule has 144 valence electrons. The van der Waals surface area contributed by atoms with Crippen molar-refractivity contribution < 1.29 is 17.9 Å². The number of benzene rings is 2. The molecule has 0 bridgehead atoms. The van der Waals surface area contributed by atoms with Gasteiger partial charge in [-0.15, -0.1) is 0 Å². The fourth-order valence-electron chi connectivity index (χ4n) is 2.75. The molecule has 1 fully saturated rings. The Kier molecular flexibility index (Phi) is 6.16. The fourth-order valence-corrected chi connectivity index (χ4v) is 4.00. The predicted octanol–water partition coefficient (Wildman–Crippen LogP) is 3.36. The lowest BCUT2D eigenvalue weighted by molar-refractivity contribution is 0.102. The van der Waals surface area contributed by atoms with E-state index in [1.54, 1.807) is 12.1 Å². The summed E-state index contributed by atoms with van der Waals surface area (Å²) in [6, 6.07) is 11.0. The molecule has 2 aromatic rings. The van der Waals surface area contributed by atoms with Crippen LogP contribution in [0, 0.1) is 6.92 Å². The lowest BCUT2D eigenvalue weighted by Gasteiger charge is -2.12. The molecule has 2 aromatic carbocycles. The fraction of sp³-hybridized carbons (Fsp3) is 0.316. The summed E-state index contributed by atoms with van der Waals surface area (Å²) >= 11 is 6.06. The van der Waals surface area contributed by atoms with Crippen molar-refractivity contribution in [1.29, 1.82) is 0 Å². The van der Waals surface area contributed by atoms with Gasteiger partial charge in [0.25, 0.3) is 5.91 Å². The zero-order valence-corrected chi connectivity index (χ0v) is 16.4. The molecule has 0 aromatic heterocycles. The number of amides is 1. The lowest BCUT2D eigenvalue weighted by Crippen LogP contribution is -2.31. The van der Waals surface area contributed by atoms with E-state index in [4.69, 9.17) is 16.3 Å². The molecule has 1 atom stereocenters. The molecule has 27 heavy (non-hydrogen) atoms. The van der Waals surface area contributed by atoms with Crippen LogP contribution < -0.4 is 10.0 Å². The first kappa shape index (κ1) is 19.8. The van der Waals surface area contributed by atoms with Crippen LogP contribution in [-0.2, 0) is 14.8 Å². The van der Waals surface area contributed by atoms with Gasteiger partial charge >= 0.3 is 0 Å². The molecule has 3 rings (SSSR count). The molecule has 1 heterocycles. The Labute approximate surface area is 163 Å². The molecule has 0 radical (unpaired) electrons. The number of hydrogen-bond donors (Lipinski definition) is 2. The van der Waals surface area contributed by atoms with Gasteiger partial charge in [0.15, 0.2) is 0 Å². The topological polar surface area (TPSA) is 84.5 Å². The average Bonchev–Trinajstić information content (AvgIpc) is 3.17. The smallest absolute Gasteiger partial charge is 0.255 e. The molecule has 0 saturated carbocycles. The van der Waals surface area contributed by atoms with Crippen LogP contribution in [0.25, 0.3) is 0 Å². The predicted molar refractivity (Wildman–Crippen MR) is 105 cm³/mol. The highest BCUT2D eigenvalue weighted by Crippen LogP contribution is 2.21. The molecule has 0 spiro atoms. The maximum atomic E-state index is 12.3. The molecule has 1 amide bonds. The summed E-state index contributed by atoms with van der Waals surface area (Å²) in [4.78, 5) is 12.4. The minimum absolute atomic E-state index is 0.0776. The number of rotatable bonds is 6. The molecule has 0 aliphatic carbocycles. The van der Waals surface area contributed by atoms with Crippen LogP contribution in [0.15, 0.2) is 47.4 Å². The van der Waals surface area contributed by atoms with Crippen molar-refractivity contribution in [3.8, 4) is 0 Å². The number of anilines is 1. The third kappa shape index (κ3) is 5.07. The monoisotopic (exact) mass is 408 g/mol. The molecule has 8 heteroatoms. The summed E-state index contributed by atoms with van der Waals surface area (Å²) in [5, 5.41) is 3.30. The third-order valence-electron chi connectivity index (χ3n) is 4.38. The zero-order valence-electron chi connectivity index (χ0n) is 14.9. The van der Waals surface area contributed by atoms with Crippen LogP contribution in [0.5, 0.6) is 0 Å². The Hall–Kier alpha value is -1.93. The van der Waals surface area contributed by atoms with Crippen LogP contribution in [-0.4, -0.2) is 33.6 Å². The molecule has 2 N–H and O–H groups in total. The summed E-state index contributed by atoms with van der Waals surface area (Å²) in [5.74, 6) is -0.341. The van der Waals surface area contributed by atoms with Gasteiger partial charge in [-0.3, -0.25) is 4.79 Å². The van der Waals surface area contributed by atoms with Crippen LogP contribution in [0.3, 0.4) is 0 Å². The first-order chi connectivity index (χ1) is 12.8. The van der Waals surface area contributed by atoms with Crippen molar-refractivity contribution in [3.05, 3.63) is 58.6 Å². The molecule has 1 aliphatic rings. The Bertz CT molecular complexity index is 923. The Balaban J connectivity index is 1.64. The number of carbonyl (C=O) groups is 1. The van der Waals surface area contributed by atoms with Crippen LogP contribution in [0.4, 0.5) is 5.69 Å². The third-order valence-corrected chi connectivity index (χ3v) is 6.23. The highest BCUT2D eigenvalue weighted by atomic mass is 35.5. The normalized spacial score (nSPS) is 17.0. The first-order valence-electron chi connectivity index (χ1n) is 8.64. The van der Waals surface area contributed by atoms with E-state index in [9.17, 15) is 13.2 Å². The number of carbonyl (C=O) groups excluding carboxylic acids is 1. The van der Waals surface area contributed by atoms with Gasteiger partial charge in [0, 0.05) is 29.4 Å². The highest BCUT2D eigenvalue weighted by molar-refractivity contribution is 7.89. The van der Waals surface area contributed by atoms with Crippen molar-refractivity contribution in [2.75, 3.05) is 18.5 Å². The molecule has 1 unspecified atom stereocenters. The van der Waals surface area contributed by atoms with Gasteiger partial charge in [-0.05, 0) is 61.7 Å². The van der Waals surface area contributed by atoms with Gasteiger partial charge in [0.2, 0.25) is 10.0 Å². The SMILES string of the molecule is Cc1ccc(NC(=O)c2ccc(S(=O)(=O)NCC3CCCO3)cc2)cc1Cl. The summed E-state index contributed by atoms with van der Waals surface area (Å²) in [6.45, 7) is 2.79. The van der Waals surface area contributed by atoms with E-state index in [1.165, 1.54) is 24.3 Å². The number of halogens is 1. The van der Waals surface area contributed by atoms with Crippen molar-refractivity contribution >= 4 is 33.2 Å². The van der Waals surface area contributed by atoms with E-state index in [0.717, 1.165) is 18.4 Å². The maximum Gasteiger partial charge on any atom is 0.255 e. The van der Waals surface area contributed by atoms with Gasteiger partial charge in [-0.1, -0.05) is 17.7 Å². The van der Waals surface area contributed by atoms with Crippen molar-refractivity contribution in [3.63, 3.8) is 0 Å². The standard InChI is InChI=1S/C19H21ClN2O4S/c1-13-4-7-15(11-18(13)20)22-19(23)14-5-8-17(9-6-14)27(24,25)21-12-16-3-2-10-26-16/h4-9,11,16,21H,2-3,10,12H2,1H3,(H,22,23). The van der Waals surface area contributed by atoms with Crippen LogP contribution in [0.1, 0.15) is 28.8 Å². The molecular weight excluding hydrogens is 388 g/mol. The van der Waals surface area contributed by atoms with Crippen LogP contribution >= 0.6 is 11.6 Å². The zero-order chi connectivity index (χ0) is 19.4. The lowest BCUT2D eigenvalue weighted by atomic mass is 10.2. The quantitative estimate of drug-likeness (QED) is 0.767. The Morgan fingerprint density at radius 2 is 1.96 bits per heavy atom. The minimum atomic E-state index is -3.64. The molecule has 6 nitrogen and oxygen atoms in total. The van der Waals surface area contributed by atoms with Crippen LogP contribution in [0.2, 0.25) is 5.02 Å². The maximum absolute atomic E-state index is 12.3. The molecule has 1 aliphatic heterocycles. The molecule has 1 saturated heterocycles. The largest absolute Gasteiger partial charge is 0.377 e. The number of aryl methyl sites for hydroxylation is 1. The number of ether oxygens (including phenoxy) is 1. The van der Waals surface area contributed by atoms with Crippen molar-refractivity contribution in [1.82, 2.24) is 4.72 Å². The van der Waals surface area contributed by atoms with E-state index >= 15 is 0 Å². The summed E-state index contributed by atoms with van der Waals surface area (Å²) in [6.07, 6.45) is 1.72. The number of hydrogen-bond acceptors (Lipinski definition) is 4. The van der Waals surface area contributed by atoms with Gasteiger partial charge < -0.3 is 10.1 Å². The second kappa shape index (κ2) is 8.39. The van der Waals surface area contributed by atoms with E-state index in [2.05, 4.69) is 10.0 Å². The van der Waals surface area contributed by atoms with Crippen molar-refractivity contribution in [2.24, 2.45) is 0 Å². The highest BCUT2D eigenvalue weighted by Gasteiger charge is 2.20. The number of sulfonamides is 1. The van der Waals surface area contributed by atoms with E-state index < -0.39 is 10.0 Å². The van der Waals surface area contributed by atoms with Gasteiger partial charge in [-0.25, -0.2) is 13.1 Å². The van der Waals surface area contributed by atoms with Gasteiger partial charge in [0.05, 0.1) is 11.0 Å². The summed E-state index contributed by atoms with van der Waals surface area (Å²) in [7, 11) is -3.64.